The highest BCUT2D eigenvalue weighted by Gasteiger charge is 2.03. The van der Waals surface area contributed by atoms with Gasteiger partial charge in [0.15, 0.2) is 0 Å². The molecule has 0 saturated carbocycles. The number of hydrogen-bond acceptors (Lipinski definition) is 4. The van der Waals surface area contributed by atoms with E-state index in [1.165, 1.54) is 0 Å². The second kappa shape index (κ2) is 7.43. The van der Waals surface area contributed by atoms with Crippen molar-refractivity contribution in [3.63, 3.8) is 0 Å². The lowest BCUT2D eigenvalue weighted by molar-refractivity contribution is 0.238. The first kappa shape index (κ1) is 13.2. The maximum absolute atomic E-state index is 11.3. The lowest BCUT2D eigenvalue weighted by Gasteiger charge is -2.12. The number of carbonyl (C=O) groups excluding carboxylic acids is 1. The molecule has 0 aromatic carbocycles. The van der Waals surface area contributed by atoms with Crippen LogP contribution in [-0.2, 0) is 0 Å². The molecule has 6 nitrogen and oxygen atoms in total. The molecule has 2 amide bonds. The minimum absolute atomic E-state index is 0.143. The van der Waals surface area contributed by atoms with Gasteiger partial charge in [-0.15, -0.1) is 0 Å². The van der Waals surface area contributed by atoms with Crippen molar-refractivity contribution >= 4 is 12.0 Å². The molecular formula is C11H19N5O. The molecule has 17 heavy (non-hydrogen) atoms. The van der Waals surface area contributed by atoms with Crippen LogP contribution in [0.1, 0.15) is 20.3 Å². The third-order valence-electron chi connectivity index (χ3n) is 2.25. The monoisotopic (exact) mass is 237 g/mol. The summed E-state index contributed by atoms with van der Waals surface area (Å²) in [7, 11) is 0. The van der Waals surface area contributed by atoms with E-state index in [2.05, 4.69) is 25.9 Å². The van der Waals surface area contributed by atoms with Gasteiger partial charge in [-0.3, -0.25) is 0 Å². The molecule has 0 bridgehead atoms. The maximum atomic E-state index is 11.3. The van der Waals surface area contributed by atoms with Crippen LogP contribution in [0.2, 0.25) is 0 Å². The molecular weight excluding hydrogens is 218 g/mol. The second-order valence-corrected chi connectivity index (χ2v) is 3.71. The molecule has 1 rings (SSSR count). The van der Waals surface area contributed by atoms with Crippen molar-refractivity contribution in [2.24, 2.45) is 0 Å². The Labute approximate surface area is 101 Å². The summed E-state index contributed by atoms with van der Waals surface area (Å²) in [5.41, 5.74) is 0. The summed E-state index contributed by atoms with van der Waals surface area (Å²) in [6.45, 7) is 5.12. The smallest absolute Gasteiger partial charge is 0.315 e. The van der Waals surface area contributed by atoms with Crippen molar-refractivity contribution in [1.29, 1.82) is 0 Å². The van der Waals surface area contributed by atoms with Crippen LogP contribution in [0.4, 0.5) is 10.7 Å². The first-order chi connectivity index (χ1) is 8.22. The predicted molar refractivity (Wildman–Crippen MR) is 66.8 cm³/mol. The normalized spacial score (nSPS) is 11.6. The van der Waals surface area contributed by atoms with Gasteiger partial charge in [0.05, 0.1) is 0 Å². The summed E-state index contributed by atoms with van der Waals surface area (Å²) in [5, 5.41) is 8.57. The Balaban J connectivity index is 2.10. The third-order valence-corrected chi connectivity index (χ3v) is 2.25. The molecule has 0 spiro atoms. The molecule has 3 N–H and O–H groups in total. The van der Waals surface area contributed by atoms with Gasteiger partial charge in [0.1, 0.15) is 0 Å². The summed E-state index contributed by atoms with van der Waals surface area (Å²) in [6, 6.07) is 1.80. The Morgan fingerprint density at radius 1 is 1.35 bits per heavy atom. The molecule has 0 aliphatic rings. The third kappa shape index (κ3) is 5.70. The summed E-state index contributed by atoms with van der Waals surface area (Å²) >= 11 is 0. The quantitative estimate of drug-likeness (QED) is 0.645. The molecule has 0 saturated heterocycles. The second-order valence-electron chi connectivity index (χ2n) is 3.71. The van der Waals surface area contributed by atoms with Gasteiger partial charge in [0.2, 0.25) is 5.95 Å². The minimum Gasteiger partial charge on any atom is -0.352 e. The summed E-state index contributed by atoms with van der Waals surface area (Å²) in [5.74, 6) is 0.566. The fourth-order valence-electron chi connectivity index (χ4n) is 1.12. The molecule has 0 radical (unpaired) electrons. The number of anilines is 1. The maximum Gasteiger partial charge on any atom is 0.315 e. The lowest BCUT2D eigenvalue weighted by atomic mass is 10.3. The van der Waals surface area contributed by atoms with Gasteiger partial charge in [0, 0.05) is 31.5 Å². The molecule has 1 aromatic rings. The van der Waals surface area contributed by atoms with Crippen molar-refractivity contribution in [3.8, 4) is 0 Å². The Morgan fingerprint density at radius 3 is 2.71 bits per heavy atom. The van der Waals surface area contributed by atoms with E-state index in [0.717, 1.165) is 6.42 Å². The Bertz CT molecular complexity index is 330. The lowest BCUT2D eigenvalue weighted by Crippen LogP contribution is -2.42. The first-order valence-electron chi connectivity index (χ1n) is 5.77. The van der Waals surface area contributed by atoms with Gasteiger partial charge in [-0.2, -0.15) is 0 Å². The van der Waals surface area contributed by atoms with Crippen LogP contribution in [0.5, 0.6) is 0 Å². The highest BCUT2D eigenvalue weighted by atomic mass is 16.2. The van der Waals surface area contributed by atoms with E-state index in [1.807, 2.05) is 13.8 Å². The van der Waals surface area contributed by atoms with E-state index in [0.29, 0.717) is 19.0 Å². The molecule has 94 valence electrons. The van der Waals surface area contributed by atoms with Gasteiger partial charge >= 0.3 is 6.03 Å². The predicted octanol–water partition coefficient (Wildman–Crippen LogP) is 0.986. The van der Waals surface area contributed by atoms with E-state index < -0.39 is 0 Å². The summed E-state index contributed by atoms with van der Waals surface area (Å²) < 4.78 is 0. The number of nitrogens with zero attached hydrogens (tertiary/aromatic N) is 2. The van der Waals surface area contributed by atoms with E-state index in [-0.39, 0.29) is 12.1 Å². The zero-order chi connectivity index (χ0) is 12.5. The first-order valence-corrected chi connectivity index (χ1v) is 5.77. The number of carbonyl (C=O) groups is 1. The number of rotatable bonds is 6. The van der Waals surface area contributed by atoms with Crippen molar-refractivity contribution in [2.75, 3.05) is 18.4 Å². The standard InChI is InChI=1S/C11H19N5O/c1-3-9(2)16-11(17)15-8-7-14-10-12-5-4-6-13-10/h4-6,9H,3,7-8H2,1-2H3,(H,12,13,14)(H2,15,16,17). The zero-order valence-corrected chi connectivity index (χ0v) is 10.2. The van der Waals surface area contributed by atoms with Crippen LogP contribution >= 0.6 is 0 Å². The topological polar surface area (TPSA) is 78.9 Å². The zero-order valence-electron chi connectivity index (χ0n) is 10.2. The fraction of sp³-hybridized carbons (Fsp3) is 0.545. The van der Waals surface area contributed by atoms with E-state index in [1.54, 1.807) is 18.5 Å². The molecule has 1 atom stereocenters. The average molecular weight is 237 g/mol. The van der Waals surface area contributed by atoms with Gasteiger partial charge in [0.25, 0.3) is 0 Å². The van der Waals surface area contributed by atoms with Crippen LogP contribution < -0.4 is 16.0 Å². The van der Waals surface area contributed by atoms with E-state index >= 15 is 0 Å². The molecule has 1 unspecified atom stereocenters. The summed E-state index contributed by atoms with van der Waals surface area (Å²) in [4.78, 5) is 19.4. The molecule has 0 aliphatic heterocycles. The van der Waals surface area contributed by atoms with Gasteiger partial charge < -0.3 is 16.0 Å². The van der Waals surface area contributed by atoms with Crippen LogP contribution in [0, 0.1) is 0 Å². The van der Waals surface area contributed by atoms with Crippen LogP contribution in [-0.4, -0.2) is 35.1 Å². The van der Waals surface area contributed by atoms with Gasteiger partial charge in [-0.1, -0.05) is 6.92 Å². The SMILES string of the molecule is CCC(C)NC(=O)NCCNc1ncccn1. The fourth-order valence-corrected chi connectivity index (χ4v) is 1.12. The van der Waals surface area contributed by atoms with Gasteiger partial charge in [-0.05, 0) is 19.4 Å². The Morgan fingerprint density at radius 2 is 2.06 bits per heavy atom. The highest BCUT2D eigenvalue weighted by Crippen LogP contribution is 1.91. The number of hydrogen-bond donors (Lipinski definition) is 3. The number of aromatic nitrogens is 2. The largest absolute Gasteiger partial charge is 0.352 e. The van der Waals surface area contributed by atoms with Crippen molar-refractivity contribution in [3.05, 3.63) is 18.5 Å². The van der Waals surface area contributed by atoms with Crippen LogP contribution in [0.25, 0.3) is 0 Å². The molecule has 0 aliphatic carbocycles. The van der Waals surface area contributed by atoms with Crippen molar-refractivity contribution < 1.29 is 4.79 Å². The summed E-state index contributed by atoms with van der Waals surface area (Å²) in [6.07, 6.45) is 4.25. The Hall–Kier alpha value is -1.85. The number of amides is 2. The van der Waals surface area contributed by atoms with Gasteiger partial charge in [-0.25, -0.2) is 14.8 Å². The average Bonchev–Trinajstić information content (AvgIpc) is 2.36. The molecule has 1 aromatic heterocycles. The van der Waals surface area contributed by atoms with E-state index in [4.69, 9.17) is 0 Å². The molecule has 6 heteroatoms. The van der Waals surface area contributed by atoms with Crippen LogP contribution in [0.3, 0.4) is 0 Å². The minimum atomic E-state index is -0.143. The van der Waals surface area contributed by atoms with E-state index in [9.17, 15) is 4.79 Å². The van der Waals surface area contributed by atoms with Crippen LogP contribution in [0.15, 0.2) is 18.5 Å². The molecule has 0 fully saturated rings. The Kier molecular flexibility index (Phi) is 5.77. The number of nitrogens with one attached hydrogen (secondary N) is 3. The van der Waals surface area contributed by atoms with Crippen molar-refractivity contribution in [1.82, 2.24) is 20.6 Å². The molecule has 1 heterocycles. The van der Waals surface area contributed by atoms with Crippen molar-refractivity contribution in [2.45, 2.75) is 26.3 Å². The number of urea groups is 1. The highest BCUT2D eigenvalue weighted by molar-refractivity contribution is 5.74.